The van der Waals surface area contributed by atoms with Crippen LogP contribution in [-0.2, 0) is 0 Å². The Morgan fingerprint density at radius 3 is 2.28 bits per heavy atom. The van der Waals surface area contributed by atoms with E-state index in [9.17, 15) is 13.9 Å². The van der Waals surface area contributed by atoms with Crippen LogP contribution in [0, 0.1) is 11.6 Å². The molecule has 1 nitrogen and oxygen atoms in total. The molecule has 0 aliphatic heterocycles. The molecule has 1 N–H and O–H groups in total. The lowest BCUT2D eigenvalue weighted by Crippen LogP contribution is -2.03. The van der Waals surface area contributed by atoms with Gasteiger partial charge in [0.25, 0.3) is 0 Å². The molecule has 0 saturated carbocycles. The quantitative estimate of drug-likeness (QED) is 0.871. The van der Waals surface area contributed by atoms with Gasteiger partial charge >= 0.3 is 0 Å². The van der Waals surface area contributed by atoms with Crippen molar-refractivity contribution in [2.24, 2.45) is 0 Å². The van der Waals surface area contributed by atoms with Crippen LogP contribution in [0.1, 0.15) is 17.2 Å². The van der Waals surface area contributed by atoms with Crippen LogP contribution >= 0.6 is 23.2 Å². The summed E-state index contributed by atoms with van der Waals surface area (Å²) in [5.41, 5.74) is 0.197. The monoisotopic (exact) mass is 288 g/mol. The van der Waals surface area contributed by atoms with Crippen LogP contribution in [0.3, 0.4) is 0 Å². The summed E-state index contributed by atoms with van der Waals surface area (Å²) in [5.74, 6) is -1.25. The molecule has 1 atom stereocenters. The summed E-state index contributed by atoms with van der Waals surface area (Å²) in [7, 11) is 0. The Labute approximate surface area is 113 Å². The molecule has 0 saturated heterocycles. The topological polar surface area (TPSA) is 20.2 Å². The minimum atomic E-state index is -1.30. The van der Waals surface area contributed by atoms with E-state index in [1.165, 1.54) is 18.2 Å². The van der Waals surface area contributed by atoms with Crippen molar-refractivity contribution in [3.8, 4) is 0 Å². The van der Waals surface area contributed by atoms with Gasteiger partial charge in [-0.05, 0) is 35.9 Å². The highest BCUT2D eigenvalue weighted by molar-refractivity contribution is 6.30. The van der Waals surface area contributed by atoms with Crippen LogP contribution in [0.4, 0.5) is 8.78 Å². The number of rotatable bonds is 2. The van der Waals surface area contributed by atoms with Gasteiger partial charge in [-0.1, -0.05) is 29.3 Å². The van der Waals surface area contributed by atoms with E-state index in [-0.39, 0.29) is 21.2 Å². The summed E-state index contributed by atoms with van der Waals surface area (Å²) < 4.78 is 26.8. The standard InChI is InChI=1S/C13H8Cl2F2O/c14-8-1-2-11(12(17)6-8)13(18)7-3-9(15)5-10(16)4-7/h1-6,13,18H. The number of aliphatic hydroxyl groups is 1. The molecule has 0 amide bonds. The second kappa shape index (κ2) is 5.22. The molecule has 2 aromatic carbocycles. The number of benzene rings is 2. The highest BCUT2D eigenvalue weighted by Gasteiger charge is 2.16. The Morgan fingerprint density at radius 1 is 0.944 bits per heavy atom. The fourth-order valence-corrected chi connectivity index (χ4v) is 2.02. The van der Waals surface area contributed by atoms with Crippen LogP contribution in [-0.4, -0.2) is 5.11 Å². The van der Waals surface area contributed by atoms with Gasteiger partial charge in [-0.2, -0.15) is 0 Å². The Hall–Kier alpha value is -1.16. The van der Waals surface area contributed by atoms with E-state index in [2.05, 4.69) is 0 Å². The molecule has 1 unspecified atom stereocenters. The maximum atomic E-state index is 13.6. The fraction of sp³-hybridized carbons (Fsp3) is 0.0769. The van der Waals surface area contributed by atoms with Crippen molar-refractivity contribution in [3.05, 3.63) is 69.2 Å². The van der Waals surface area contributed by atoms with E-state index >= 15 is 0 Å². The molecule has 94 valence electrons. The van der Waals surface area contributed by atoms with Crippen LogP contribution in [0.25, 0.3) is 0 Å². The Kier molecular flexibility index (Phi) is 3.85. The first kappa shape index (κ1) is 13.3. The lowest BCUT2D eigenvalue weighted by Gasteiger charge is -2.13. The van der Waals surface area contributed by atoms with E-state index in [1.54, 1.807) is 0 Å². The zero-order valence-electron chi connectivity index (χ0n) is 9.00. The first-order chi connectivity index (χ1) is 8.47. The minimum absolute atomic E-state index is 0.0149. The van der Waals surface area contributed by atoms with Crippen LogP contribution in [0.2, 0.25) is 10.0 Å². The van der Waals surface area contributed by atoms with Gasteiger partial charge < -0.3 is 5.11 Å². The van der Waals surface area contributed by atoms with Gasteiger partial charge in [0, 0.05) is 15.6 Å². The summed E-state index contributed by atoms with van der Waals surface area (Å²) in [6, 6.07) is 7.47. The van der Waals surface area contributed by atoms with Gasteiger partial charge in [0.2, 0.25) is 0 Å². The minimum Gasteiger partial charge on any atom is -0.384 e. The summed E-state index contributed by atoms with van der Waals surface area (Å²) in [4.78, 5) is 0. The molecule has 0 aliphatic rings. The average Bonchev–Trinajstić information content (AvgIpc) is 2.26. The second-order valence-electron chi connectivity index (χ2n) is 3.77. The first-order valence-electron chi connectivity index (χ1n) is 5.06. The number of aliphatic hydroxyl groups excluding tert-OH is 1. The van der Waals surface area contributed by atoms with Gasteiger partial charge in [-0.15, -0.1) is 0 Å². The van der Waals surface area contributed by atoms with E-state index < -0.39 is 17.7 Å². The molecule has 0 aliphatic carbocycles. The van der Waals surface area contributed by atoms with Crippen molar-refractivity contribution in [2.75, 3.05) is 0 Å². The maximum absolute atomic E-state index is 13.6. The van der Waals surface area contributed by atoms with Gasteiger partial charge in [0.15, 0.2) is 0 Å². The predicted octanol–water partition coefficient (Wildman–Crippen LogP) is 4.35. The normalized spacial score (nSPS) is 12.5. The Morgan fingerprint density at radius 2 is 1.67 bits per heavy atom. The van der Waals surface area contributed by atoms with Gasteiger partial charge in [0.1, 0.15) is 17.7 Å². The largest absolute Gasteiger partial charge is 0.384 e. The van der Waals surface area contributed by atoms with Crippen molar-refractivity contribution in [1.82, 2.24) is 0 Å². The number of hydrogen-bond acceptors (Lipinski definition) is 1. The number of halogens is 4. The zero-order valence-corrected chi connectivity index (χ0v) is 10.5. The molecule has 2 aromatic rings. The molecular formula is C13H8Cl2F2O. The van der Waals surface area contributed by atoms with E-state index in [0.29, 0.717) is 0 Å². The summed E-state index contributed by atoms with van der Waals surface area (Å²) in [6.45, 7) is 0. The van der Waals surface area contributed by atoms with Crippen LogP contribution in [0.5, 0.6) is 0 Å². The van der Waals surface area contributed by atoms with Crippen molar-refractivity contribution in [2.45, 2.75) is 6.10 Å². The van der Waals surface area contributed by atoms with Crippen molar-refractivity contribution in [3.63, 3.8) is 0 Å². The van der Waals surface area contributed by atoms with Gasteiger partial charge in [-0.25, -0.2) is 8.78 Å². The third-order valence-corrected chi connectivity index (χ3v) is 2.91. The van der Waals surface area contributed by atoms with Gasteiger partial charge in [-0.3, -0.25) is 0 Å². The van der Waals surface area contributed by atoms with Crippen molar-refractivity contribution in [1.29, 1.82) is 0 Å². The first-order valence-corrected chi connectivity index (χ1v) is 5.82. The zero-order chi connectivity index (χ0) is 13.3. The third-order valence-electron chi connectivity index (χ3n) is 2.46. The van der Waals surface area contributed by atoms with Gasteiger partial charge in [0.05, 0.1) is 0 Å². The molecular weight excluding hydrogens is 281 g/mol. The lowest BCUT2D eigenvalue weighted by molar-refractivity contribution is 0.214. The third kappa shape index (κ3) is 2.80. The van der Waals surface area contributed by atoms with Crippen molar-refractivity contribution >= 4 is 23.2 Å². The molecule has 0 spiro atoms. The molecule has 0 fully saturated rings. The average molecular weight is 289 g/mol. The number of hydrogen-bond donors (Lipinski definition) is 1. The lowest BCUT2D eigenvalue weighted by atomic mass is 10.0. The molecule has 0 aromatic heterocycles. The summed E-state index contributed by atoms with van der Waals surface area (Å²) >= 11 is 11.3. The molecule has 18 heavy (non-hydrogen) atoms. The summed E-state index contributed by atoms with van der Waals surface area (Å²) in [5, 5.41) is 10.4. The Balaban J connectivity index is 2.44. The van der Waals surface area contributed by atoms with Crippen LogP contribution < -0.4 is 0 Å². The smallest absolute Gasteiger partial charge is 0.130 e. The maximum Gasteiger partial charge on any atom is 0.130 e. The SMILES string of the molecule is OC(c1cc(F)cc(Cl)c1)c1ccc(Cl)cc1F. The highest BCUT2D eigenvalue weighted by atomic mass is 35.5. The molecule has 0 radical (unpaired) electrons. The predicted molar refractivity (Wildman–Crippen MR) is 66.9 cm³/mol. The van der Waals surface area contributed by atoms with Crippen LogP contribution in [0.15, 0.2) is 36.4 Å². The van der Waals surface area contributed by atoms with E-state index in [1.807, 2.05) is 0 Å². The molecule has 0 bridgehead atoms. The van der Waals surface area contributed by atoms with E-state index in [4.69, 9.17) is 23.2 Å². The molecule has 2 rings (SSSR count). The Bertz CT molecular complexity index is 567. The fourth-order valence-electron chi connectivity index (χ4n) is 1.64. The second-order valence-corrected chi connectivity index (χ2v) is 4.64. The highest BCUT2D eigenvalue weighted by Crippen LogP contribution is 2.28. The molecule has 0 heterocycles. The molecule has 5 heteroatoms. The summed E-state index contributed by atoms with van der Waals surface area (Å²) in [6.07, 6.45) is -1.30. The van der Waals surface area contributed by atoms with E-state index in [0.717, 1.165) is 18.2 Å². The van der Waals surface area contributed by atoms with Crippen molar-refractivity contribution < 1.29 is 13.9 Å².